The van der Waals surface area contributed by atoms with Crippen molar-refractivity contribution in [2.75, 3.05) is 7.11 Å². The third-order valence-corrected chi connectivity index (χ3v) is 2.62. The molecular formula is C8H9NO4S. The minimum atomic E-state index is -3.89. The van der Waals surface area contributed by atoms with Gasteiger partial charge in [-0.1, -0.05) is 0 Å². The van der Waals surface area contributed by atoms with Crippen LogP contribution in [0.15, 0.2) is 23.1 Å². The quantitative estimate of drug-likeness (QED) is 0.727. The van der Waals surface area contributed by atoms with Gasteiger partial charge in [0.05, 0.1) is 12.0 Å². The summed E-state index contributed by atoms with van der Waals surface area (Å²) in [5.74, 6) is 0.333. The molecule has 0 unspecified atom stereocenters. The second kappa shape index (κ2) is 3.77. The fourth-order valence-electron chi connectivity index (χ4n) is 0.985. The zero-order valence-corrected chi connectivity index (χ0v) is 8.24. The predicted octanol–water partition coefficient (Wildman–Crippen LogP) is 0.155. The van der Waals surface area contributed by atoms with Crippen LogP contribution < -0.4 is 9.88 Å². The Morgan fingerprint density at radius 3 is 2.50 bits per heavy atom. The van der Waals surface area contributed by atoms with Gasteiger partial charge in [0.1, 0.15) is 5.75 Å². The average Bonchev–Trinajstić information content (AvgIpc) is 2.15. The van der Waals surface area contributed by atoms with Crippen LogP contribution in [0.4, 0.5) is 0 Å². The topological polar surface area (TPSA) is 86.5 Å². The van der Waals surface area contributed by atoms with E-state index >= 15 is 0 Å². The van der Waals surface area contributed by atoms with Crippen LogP contribution in [0.25, 0.3) is 0 Å². The van der Waals surface area contributed by atoms with E-state index < -0.39 is 10.0 Å². The van der Waals surface area contributed by atoms with Gasteiger partial charge in [-0.2, -0.15) is 0 Å². The Hall–Kier alpha value is -1.40. The second-order valence-corrected chi connectivity index (χ2v) is 4.10. The van der Waals surface area contributed by atoms with Crippen molar-refractivity contribution >= 4 is 16.3 Å². The maximum Gasteiger partial charge on any atom is 0.238 e. The summed E-state index contributed by atoms with van der Waals surface area (Å²) in [6, 6.07) is 4.03. The van der Waals surface area contributed by atoms with Crippen LogP contribution in [0.3, 0.4) is 0 Å². The van der Waals surface area contributed by atoms with Gasteiger partial charge in [-0.3, -0.25) is 4.79 Å². The van der Waals surface area contributed by atoms with Gasteiger partial charge in [0, 0.05) is 11.6 Å². The molecule has 76 valence electrons. The summed E-state index contributed by atoms with van der Waals surface area (Å²) in [6.07, 6.45) is 0.430. The molecule has 0 atom stereocenters. The highest BCUT2D eigenvalue weighted by Gasteiger charge is 2.14. The second-order valence-electron chi connectivity index (χ2n) is 2.57. The van der Waals surface area contributed by atoms with Crippen molar-refractivity contribution in [3.63, 3.8) is 0 Å². The monoisotopic (exact) mass is 215 g/mol. The van der Waals surface area contributed by atoms with Gasteiger partial charge in [0.2, 0.25) is 10.0 Å². The molecule has 5 nitrogen and oxygen atoms in total. The minimum Gasteiger partial charge on any atom is -0.497 e. The van der Waals surface area contributed by atoms with Crippen LogP contribution in [-0.2, 0) is 10.0 Å². The fraction of sp³-hybridized carbons (Fsp3) is 0.125. The maximum absolute atomic E-state index is 11.0. The van der Waals surface area contributed by atoms with Crippen molar-refractivity contribution in [3.8, 4) is 5.75 Å². The van der Waals surface area contributed by atoms with Gasteiger partial charge >= 0.3 is 0 Å². The number of carbonyl (C=O) groups excluding carboxylic acids is 1. The molecule has 0 radical (unpaired) electrons. The molecule has 0 aliphatic rings. The lowest BCUT2D eigenvalue weighted by molar-refractivity contribution is 0.112. The van der Waals surface area contributed by atoms with Crippen LogP contribution in [0.1, 0.15) is 10.4 Å². The smallest absolute Gasteiger partial charge is 0.238 e. The van der Waals surface area contributed by atoms with Crippen LogP contribution in [0.2, 0.25) is 0 Å². The first-order chi connectivity index (χ1) is 6.49. The van der Waals surface area contributed by atoms with Crippen molar-refractivity contribution in [2.24, 2.45) is 5.14 Å². The Labute approximate surface area is 81.5 Å². The Balaban J connectivity index is 3.44. The van der Waals surface area contributed by atoms with Crippen LogP contribution in [0.5, 0.6) is 5.75 Å². The molecule has 6 heteroatoms. The molecule has 1 aromatic rings. The minimum absolute atomic E-state index is 0.0216. The zero-order chi connectivity index (χ0) is 10.8. The highest BCUT2D eigenvalue weighted by atomic mass is 32.2. The number of rotatable bonds is 3. The number of primary sulfonamides is 1. The lowest BCUT2D eigenvalue weighted by Gasteiger charge is -2.04. The summed E-state index contributed by atoms with van der Waals surface area (Å²) in [7, 11) is -2.50. The molecule has 1 rings (SSSR count). The summed E-state index contributed by atoms with van der Waals surface area (Å²) in [4.78, 5) is 10.3. The van der Waals surface area contributed by atoms with Gasteiger partial charge in [-0.05, 0) is 12.1 Å². The van der Waals surface area contributed by atoms with E-state index in [9.17, 15) is 13.2 Å². The number of aldehydes is 1. The highest BCUT2D eigenvalue weighted by molar-refractivity contribution is 7.89. The van der Waals surface area contributed by atoms with Gasteiger partial charge in [0.25, 0.3) is 0 Å². The van der Waals surface area contributed by atoms with Gasteiger partial charge in [-0.25, -0.2) is 13.6 Å². The standard InChI is InChI=1S/C8H9NO4S/c1-13-7-3-2-6(5-10)8(4-7)14(9,11)12/h2-5H,1H3,(H2,9,11,12). The lowest BCUT2D eigenvalue weighted by Crippen LogP contribution is -2.14. The Kier molecular flexibility index (Phi) is 2.87. The molecule has 14 heavy (non-hydrogen) atoms. The molecular weight excluding hydrogens is 206 g/mol. The molecule has 0 saturated heterocycles. The maximum atomic E-state index is 11.0. The lowest BCUT2D eigenvalue weighted by atomic mass is 10.2. The first-order valence-electron chi connectivity index (χ1n) is 3.65. The normalized spacial score (nSPS) is 11.0. The van der Waals surface area contributed by atoms with Crippen molar-refractivity contribution < 1.29 is 17.9 Å². The highest BCUT2D eigenvalue weighted by Crippen LogP contribution is 2.19. The van der Waals surface area contributed by atoms with Crippen LogP contribution in [0, 0.1) is 0 Å². The van der Waals surface area contributed by atoms with Gasteiger partial charge in [0.15, 0.2) is 6.29 Å². The molecule has 0 fully saturated rings. The van der Waals surface area contributed by atoms with Gasteiger partial charge in [-0.15, -0.1) is 0 Å². The molecule has 0 aliphatic carbocycles. The number of nitrogens with two attached hydrogens (primary N) is 1. The molecule has 0 spiro atoms. The molecule has 0 aliphatic heterocycles. The molecule has 0 heterocycles. The predicted molar refractivity (Wildman–Crippen MR) is 49.8 cm³/mol. The summed E-state index contributed by atoms with van der Waals surface area (Å²) < 4.78 is 26.9. The molecule has 0 bridgehead atoms. The average molecular weight is 215 g/mol. The summed E-state index contributed by atoms with van der Waals surface area (Å²) in [6.45, 7) is 0. The molecule has 0 saturated carbocycles. The van der Waals surface area contributed by atoms with Crippen molar-refractivity contribution in [2.45, 2.75) is 4.90 Å². The van der Waals surface area contributed by atoms with E-state index in [1.54, 1.807) is 0 Å². The number of carbonyl (C=O) groups is 1. The van der Waals surface area contributed by atoms with E-state index in [2.05, 4.69) is 0 Å². The van der Waals surface area contributed by atoms with E-state index in [4.69, 9.17) is 9.88 Å². The van der Waals surface area contributed by atoms with Crippen molar-refractivity contribution in [1.82, 2.24) is 0 Å². The first kappa shape index (κ1) is 10.7. The Morgan fingerprint density at radius 1 is 1.43 bits per heavy atom. The Bertz CT molecular complexity index is 452. The first-order valence-corrected chi connectivity index (χ1v) is 5.19. The third-order valence-electron chi connectivity index (χ3n) is 1.65. The number of hydrogen-bond acceptors (Lipinski definition) is 4. The zero-order valence-electron chi connectivity index (χ0n) is 7.43. The largest absolute Gasteiger partial charge is 0.497 e. The van der Waals surface area contributed by atoms with E-state index in [0.717, 1.165) is 0 Å². The fourth-order valence-corrected chi connectivity index (χ4v) is 1.71. The van der Waals surface area contributed by atoms with E-state index in [0.29, 0.717) is 12.0 Å². The van der Waals surface area contributed by atoms with Crippen molar-refractivity contribution in [3.05, 3.63) is 23.8 Å². The molecule has 0 aromatic heterocycles. The number of hydrogen-bond donors (Lipinski definition) is 1. The summed E-state index contributed by atoms with van der Waals surface area (Å²) >= 11 is 0. The van der Waals surface area contributed by atoms with Crippen molar-refractivity contribution in [1.29, 1.82) is 0 Å². The number of ether oxygens (including phenoxy) is 1. The van der Waals surface area contributed by atoms with E-state index in [-0.39, 0.29) is 10.5 Å². The van der Waals surface area contributed by atoms with Crippen LogP contribution in [-0.4, -0.2) is 21.8 Å². The SMILES string of the molecule is COc1ccc(C=O)c(S(N)(=O)=O)c1. The third kappa shape index (κ3) is 2.09. The number of methoxy groups -OCH3 is 1. The Morgan fingerprint density at radius 2 is 2.07 bits per heavy atom. The number of benzene rings is 1. The van der Waals surface area contributed by atoms with Gasteiger partial charge < -0.3 is 4.74 Å². The molecule has 2 N–H and O–H groups in total. The van der Waals surface area contributed by atoms with E-state index in [1.807, 2.05) is 0 Å². The molecule has 1 aromatic carbocycles. The molecule has 0 amide bonds. The summed E-state index contributed by atoms with van der Waals surface area (Å²) in [5.41, 5.74) is 0.0216. The number of sulfonamides is 1. The van der Waals surface area contributed by atoms with E-state index in [1.165, 1.54) is 25.3 Å². The summed E-state index contributed by atoms with van der Waals surface area (Å²) in [5, 5.41) is 4.91. The van der Waals surface area contributed by atoms with Crippen LogP contribution >= 0.6 is 0 Å².